The number of hydrogen-bond donors (Lipinski definition) is 0. The standard InChI is InChI=1S/C17H13FO/c18-17-8-4-3-7-15(17)12-19-16-10-9-13-5-1-2-6-14(13)11-16/h1-11H,12H2. The lowest BCUT2D eigenvalue weighted by Gasteiger charge is -2.08. The van der Waals surface area contributed by atoms with Crippen LogP contribution in [0.15, 0.2) is 66.7 Å². The van der Waals surface area contributed by atoms with Crippen LogP contribution in [0, 0.1) is 5.82 Å². The number of ether oxygens (including phenoxy) is 1. The molecule has 19 heavy (non-hydrogen) atoms. The number of rotatable bonds is 3. The van der Waals surface area contributed by atoms with E-state index in [0.29, 0.717) is 5.56 Å². The van der Waals surface area contributed by atoms with Crippen molar-refractivity contribution in [2.24, 2.45) is 0 Å². The zero-order chi connectivity index (χ0) is 13.1. The lowest BCUT2D eigenvalue weighted by molar-refractivity contribution is 0.300. The maximum Gasteiger partial charge on any atom is 0.129 e. The van der Waals surface area contributed by atoms with Crippen molar-refractivity contribution >= 4 is 10.8 Å². The highest BCUT2D eigenvalue weighted by Gasteiger charge is 2.02. The first-order chi connectivity index (χ1) is 9.33. The summed E-state index contributed by atoms with van der Waals surface area (Å²) in [5.74, 6) is 0.519. The van der Waals surface area contributed by atoms with Crippen molar-refractivity contribution in [3.05, 3.63) is 78.1 Å². The molecule has 0 atom stereocenters. The van der Waals surface area contributed by atoms with Gasteiger partial charge in [-0.3, -0.25) is 0 Å². The molecule has 1 nitrogen and oxygen atoms in total. The number of fused-ring (bicyclic) bond motifs is 1. The Labute approximate surface area is 111 Å². The molecule has 0 saturated carbocycles. The van der Waals surface area contributed by atoms with E-state index in [1.165, 1.54) is 11.5 Å². The molecular formula is C17H13FO. The summed E-state index contributed by atoms with van der Waals surface area (Å²) in [6, 6.07) is 20.6. The van der Waals surface area contributed by atoms with Crippen LogP contribution in [-0.2, 0) is 6.61 Å². The monoisotopic (exact) mass is 252 g/mol. The van der Waals surface area contributed by atoms with E-state index in [-0.39, 0.29) is 12.4 Å². The molecule has 3 aromatic rings. The van der Waals surface area contributed by atoms with Crippen molar-refractivity contribution in [3.8, 4) is 5.75 Å². The van der Waals surface area contributed by atoms with Crippen LogP contribution in [-0.4, -0.2) is 0 Å². The van der Waals surface area contributed by atoms with E-state index >= 15 is 0 Å². The first-order valence-corrected chi connectivity index (χ1v) is 6.18. The van der Waals surface area contributed by atoms with Gasteiger partial charge in [0.15, 0.2) is 0 Å². The van der Waals surface area contributed by atoms with Gasteiger partial charge in [-0.25, -0.2) is 4.39 Å². The van der Waals surface area contributed by atoms with Crippen molar-refractivity contribution in [1.29, 1.82) is 0 Å². The molecule has 0 unspecified atom stereocenters. The van der Waals surface area contributed by atoms with Crippen LogP contribution in [0.3, 0.4) is 0 Å². The largest absolute Gasteiger partial charge is 0.489 e. The Morgan fingerprint density at radius 3 is 2.37 bits per heavy atom. The second kappa shape index (κ2) is 5.11. The summed E-state index contributed by atoms with van der Waals surface area (Å²) < 4.78 is 19.1. The molecule has 3 aromatic carbocycles. The Balaban J connectivity index is 1.80. The van der Waals surface area contributed by atoms with Gasteiger partial charge in [0.2, 0.25) is 0 Å². The quantitative estimate of drug-likeness (QED) is 0.664. The lowest BCUT2D eigenvalue weighted by Crippen LogP contribution is -1.97. The van der Waals surface area contributed by atoms with E-state index < -0.39 is 0 Å². The third-order valence-corrected chi connectivity index (χ3v) is 3.07. The first-order valence-electron chi connectivity index (χ1n) is 6.18. The molecule has 0 amide bonds. The summed E-state index contributed by atoms with van der Waals surface area (Å²) >= 11 is 0. The SMILES string of the molecule is Fc1ccccc1COc1ccc2ccccc2c1. The minimum atomic E-state index is -0.233. The van der Waals surface area contributed by atoms with Crippen LogP contribution in [0.5, 0.6) is 5.75 Å². The summed E-state index contributed by atoms with van der Waals surface area (Å²) in [5, 5.41) is 2.29. The third kappa shape index (κ3) is 2.58. The molecule has 3 rings (SSSR count). The van der Waals surface area contributed by atoms with Gasteiger partial charge in [-0.1, -0.05) is 48.5 Å². The predicted molar refractivity (Wildman–Crippen MR) is 74.7 cm³/mol. The van der Waals surface area contributed by atoms with Gasteiger partial charge in [0.1, 0.15) is 18.2 Å². The first kappa shape index (κ1) is 11.7. The van der Waals surface area contributed by atoms with Gasteiger partial charge in [0.05, 0.1) is 0 Å². The average molecular weight is 252 g/mol. The lowest BCUT2D eigenvalue weighted by atomic mass is 10.1. The number of benzene rings is 3. The summed E-state index contributed by atoms with van der Waals surface area (Å²) in [7, 11) is 0. The Morgan fingerprint density at radius 1 is 0.789 bits per heavy atom. The Bertz CT molecular complexity index is 706. The molecule has 94 valence electrons. The molecule has 0 spiro atoms. The second-order valence-corrected chi connectivity index (χ2v) is 4.39. The summed E-state index contributed by atoms with van der Waals surface area (Å²) in [4.78, 5) is 0. The normalized spacial score (nSPS) is 10.6. The van der Waals surface area contributed by atoms with E-state index in [2.05, 4.69) is 6.07 Å². The minimum Gasteiger partial charge on any atom is -0.489 e. The molecule has 0 aliphatic carbocycles. The zero-order valence-electron chi connectivity index (χ0n) is 10.3. The minimum absolute atomic E-state index is 0.233. The van der Waals surface area contributed by atoms with Crippen molar-refractivity contribution in [2.45, 2.75) is 6.61 Å². The van der Waals surface area contributed by atoms with Crippen LogP contribution < -0.4 is 4.74 Å². The topological polar surface area (TPSA) is 9.23 Å². The van der Waals surface area contributed by atoms with Gasteiger partial charge in [-0.15, -0.1) is 0 Å². The van der Waals surface area contributed by atoms with Gasteiger partial charge < -0.3 is 4.74 Å². The average Bonchev–Trinajstić information content (AvgIpc) is 2.46. The zero-order valence-corrected chi connectivity index (χ0v) is 10.3. The Kier molecular flexibility index (Phi) is 3.15. The van der Waals surface area contributed by atoms with Gasteiger partial charge in [0, 0.05) is 5.56 Å². The van der Waals surface area contributed by atoms with Crippen molar-refractivity contribution in [1.82, 2.24) is 0 Å². The van der Waals surface area contributed by atoms with E-state index in [0.717, 1.165) is 11.1 Å². The highest BCUT2D eigenvalue weighted by Crippen LogP contribution is 2.21. The van der Waals surface area contributed by atoms with Gasteiger partial charge in [-0.2, -0.15) is 0 Å². The molecular weight excluding hydrogens is 239 g/mol. The van der Waals surface area contributed by atoms with Gasteiger partial charge >= 0.3 is 0 Å². The molecule has 0 saturated heterocycles. The highest BCUT2D eigenvalue weighted by atomic mass is 19.1. The molecule has 0 heterocycles. The number of halogens is 1. The van der Waals surface area contributed by atoms with Crippen LogP contribution in [0.1, 0.15) is 5.56 Å². The van der Waals surface area contributed by atoms with Gasteiger partial charge in [-0.05, 0) is 29.0 Å². The smallest absolute Gasteiger partial charge is 0.129 e. The molecule has 0 aliphatic rings. The predicted octanol–water partition coefficient (Wildman–Crippen LogP) is 4.56. The fourth-order valence-corrected chi connectivity index (χ4v) is 2.03. The van der Waals surface area contributed by atoms with E-state index in [9.17, 15) is 4.39 Å². The van der Waals surface area contributed by atoms with Crippen LogP contribution in [0.4, 0.5) is 4.39 Å². The van der Waals surface area contributed by atoms with E-state index in [4.69, 9.17) is 4.74 Å². The molecule has 0 N–H and O–H groups in total. The number of hydrogen-bond acceptors (Lipinski definition) is 1. The maximum absolute atomic E-state index is 13.5. The van der Waals surface area contributed by atoms with Crippen molar-refractivity contribution in [3.63, 3.8) is 0 Å². The van der Waals surface area contributed by atoms with Crippen LogP contribution in [0.2, 0.25) is 0 Å². The maximum atomic E-state index is 13.5. The molecule has 0 radical (unpaired) electrons. The molecule has 0 aliphatic heterocycles. The van der Waals surface area contributed by atoms with Crippen molar-refractivity contribution in [2.75, 3.05) is 0 Å². The van der Waals surface area contributed by atoms with E-state index in [1.54, 1.807) is 12.1 Å². The molecule has 0 aromatic heterocycles. The second-order valence-electron chi connectivity index (χ2n) is 4.39. The fourth-order valence-electron chi connectivity index (χ4n) is 2.03. The summed E-state index contributed by atoms with van der Waals surface area (Å²) in [5.41, 5.74) is 0.565. The Hall–Kier alpha value is -2.35. The molecule has 0 bridgehead atoms. The third-order valence-electron chi connectivity index (χ3n) is 3.07. The highest BCUT2D eigenvalue weighted by molar-refractivity contribution is 5.83. The molecule has 2 heteroatoms. The van der Waals surface area contributed by atoms with Gasteiger partial charge in [0.25, 0.3) is 0 Å². The summed E-state index contributed by atoms with van der Waals surface area (Å²) in [6.07, 6.45) is 0. The van der Waals surface area contributed by atoms with Crippen LogP contribution in [0.25, 0.3) is 10.8 Å². The van der Waals surface area contributed by atoms with Crippen LogP contribution >= 0.6 is 0 Å². The summed E-state index contributed by atoms with van der Waals surface area (Å²) in [6.45, 7) is 0.241. The van der Waals surface area contributed by atoms with E-state index in [1.807, 2.05) is 42.5 Å². The fraction of sp³-hybridized carbons (Fsp3) is 0.0588. The molecule has 0 fully saturated rings. The van der Waals surface area contributed by atoms with Crippen molar-refractivity contribution < 1.29 is 9.13 Å². The Morgan fingerprint density at radius 2 is 1.53 bits per heavy atom.